The van der Waals surface area contributed by atoms with Crippen LogP contribution in [0, 0.1) is 0 Å². The average Bonchev–Trinajstić information content (AvgIpc) is 3.10. The number of phenolic OH excluding ortho intramolecular Hbond substituents is 4. The SMILES string of the molecule is CC(=O)CCC(=O)N(O)CCCCCNC(=O)CCC(=O)N(CCCCNC(=O)c1cccc(O)c1O)CCCNC(=O)c1cccc(O)c1O. The molecule has 16 heteroatoms. The van der Waals surface area contributed by atoms with Gasteiger partial charge in [-0.15, -0.1) is 0 Å². The highest BCUT2D eigenvalue weighted by atomic mass is 16.5. The predicted molar refractivity (Wildman–Crippen MR) is 184 cm³/mol. The molecule has 0 spiro atoms. The summed E-state index contributed by atoms with van der Waals surface area (Å²) < 4.78 is 0. The number of hydrogen-bond acceptors (Lipinski definition) is 11. The van der Waals surface area contributed by atoms with Crippen molar-refractivity contribution in [3.05, 3.63) is 47.5 Å². The lowest BCUT2D eigenvalue weighted by atomic mass is 10.1. The number of hydroxylamine groups is 2. The van der Waals surface area contributed by atoms with Gasteiger partial charge in [0.1, 0.15) is 5.78 Å². The van der Waals surface area contributed by atoms with Gasteiger partial charge < -0.3 is 46.1 Å². The van der Waals surface area contributed by atoms with Crippen LogP contribution in [0.15, 0.2) is 36.4 Å². The number of ketones is 1. The Bertz CT molecular complexity index is 1500. The molecule has 16 nitrogen and oxygen atoms in total. The second kappa shape index (κ2) is 22.4. The zero-order valence-electron chi connectivity index (χ0n) is 28.9. The summed E-state index contributed by atoms with van der Waals surface area (Å²) in [6, 6.07) is 8.08. The highest BCUT2D eigenvalue weighted by Gasteiger charge is 2.18. The fourth-order valence-corrected chi connectivity index (χ4v) is 4.88. The number of carbonyl (C=O) groups excluding carboxylic acids is 6. The van der Waals surface area contributed by atoms with Gasteiger partial charge in [-0.05, 0) is 69.7 Å². The molecule has 0 atom stereocenters. The van der Waals surface area contributed by atoms with Crippen molar-refractivity contribution < 1.29 is 54.4 Å². The number of amides is 5. The van der Waals surface area contributed by atoms with E-state index in [-0.39, 0.29) is 80.6 Å². The molecule has 0 aromatic heterocycles. The number of Topliss-reactive ketones (excluding diaryl/α,β-unsaturated/α-hetero) is 1. The van der Waals surface area contributed by atoms with Crippen molar-refractivity contribution in [3.8, 4) is 23.0 Å². The summed E-state index contributed by atoms with van der Waals surface area (Å²) in [5.74, 6) is -4.32. The Balaban J connectivity index is 1.79. The van der Waals surface area contributed by atoms with Crippen LogP contribution in [-0.2, 0) is 19.2 Å². The zero-order chi connectivity index (χ0) is 37.8. The summed E-state index contributed by atoms with van der Waals surface area (Å²) in [7, 11) is 0. The van der Waals surface area contributed by atoms with Gasteiger partial charge in [0.05, 0.1) is 11.1 Å². The van der Waals surface area contributed by atoms with Crippen LogP contribution < -0.4 is 16.0 Å². The van der Waals surface area contributed by atoms with Crippen molar-refractivity contribution in [1.82, 2.24) is 25.9 Å². The van der Waals surface area contributed by atoms with Crippen molar-refractivity contribution in [2.24, 2.45) is 0 Å². The van der Waals surface area contributed by atoms with Crippen LogP contribution in [0.25, 0.3) is 0 Å². The number of nitrogens with one attached hydrogen (secondary N) is 3. The third-order valence-electron chi connectivity index (χ3n) is 7.82. The smallest absolute Gasteiger partial charge is 0.255 e. The van der Waals surface area contributed by atoms with E-state index in [0.717, 1.165) is 0 Å². The van der Waals surface area contributed by atoms with Gasteiger partial charge in [0.2, 0.25) is 17.7 Å². The van der Waals surface area contributed by atoms with Crippen molar-refractivity contribution in [2.45, 2.75) is 71.1 Å². The fraction of sp³-hybridized carbons (Fsp3) is 0.486. The van der Waals surface area contributed by atoms with Gasteiger partial charge in [-0.3, -0.25) is 29.2 Å². The molecule has 0 radical (unpaired) electrons. The minimum atomic E-state index is -0.599. The van der Waals surface area contributed by atoms with Crippen LogP contribution >= 0.6 is 0 Å². The molecule has 0 fully saturated rings. The van der Waals surface area contributed by atoms with E-state index in [1.54, 1.807) is 4.90 Å². The van der Waals surface area contributed by atoms with E-state index in [1.165, 1.54) is 43.3 Å². The Morgan fingerprint density at radius 1 is 0.569 bits per heavy atom. The fourth-order valence-electron chi connectivity index (χ4n) is 4.88. The monoisotopic (exact) mass is 715 g/mol. The first-order chi connectivity index (χ1) is 24.3. The Morgan fingerprint density at radius 2 is 1.06 bits per heavy atom. The first-order valence-electron chi connectivity index (χ1n) is 16.9. The molecule has 280 valence electrons. The number of unbranched alkanes of at least 4 members (excludes halogenated alkanes) is 3. The normalized spacial score (nSPS) is 10.6. The molecule has 0 aliphatic carbocycles. The lowest BCUT2D eigenvalue weighted by molar-refractivity contribution is -0.166. The minimum absolute atomic E-state index is 0.0494. The first-order valence-corrected chi connectivity index (χ1v) is 16.9. The maximum atomic E-state index is 13.1. The van der Waals surface area contributed by atoms with Crippen LogP contribution in [0.2, 0.25) is 0 Å². The van der Waals surface area contributed by atoms with Gasteiger partial charge in [0.25, 0.3) is 11.8 Å². The van der Waals surface area contributed by atoms with E-state index in [1.807, 2.05) is 0 Å². The number of carbonyl (C=O) groups is 6. The maximum Gasteiger partial charge on any atom is 0.255 e. The molecule has 51 heavy (non-hydrogen) atoms. The number of nitrogens with zero attached hydrogens (tertiary/aromatic N) is 2. The lowest BCUT2D eigenvalue weighted by Gasteiger charge is -2.23. The highest BCUT2D eigenvalue weighted by Crippen LogP contribution is 2.28. The standard InChI is InChI=1S/C35H49N5O11/c1-24(41)14-16-31(46)40(51)23-5-2-3-18-36-29(44)15-17-30(45)39(22-9-20-38-35(50)26-11-8-13-28(43)33(26)48)21-6-4-19-37-34(49)25-10-7-12-27(42)32(25)47/h7-8,10-13,42-43,47-48,51H,2-6,9,14-23H2,1H3,(H,36,44)(H,37,49)(H,38,50). The second-order valence-corrected chi connectivity index (χ2v) is 11.9. The second-order valence-electron chi connectivity index (χ2n) is 11.9. The minimum Gasteiger partial charge on any atom is -0.504 e. The van der Waals surface area contributed by atoms with E-state index < -0.39 is 40.7 Å². The van der Waals surface area contributed by atoms with Crippen LogP contribution in [0.4, 0.5) is 0 Å². The van der Waals surface area contributed by atoms with Gasteiger partial charge in [0, 0.05) is 65.0 Å². The van der Waals surface area contributed by atoms with Gasteiger partial charge in [-0.2, -0.15) is 0 Å². The van der Waals surface area contributed by atoms with E-state index in [9.17, 15) is 54.4 Å². The van der Waals surface area contributed by atoms with E-state index in [2.05, 4.69) is 16.0 Å². The molecule has 0 heterocycles. The molecule has 5 amide bonds. The zero-order valence-corrected chi connectivity index (χ0v) is 28.9. The Morgan fingerprint density at radius 3 is 1.65 bits per heavy atom. The molecule has 0 saturated heterocycles. The molecule has 2 aromatic rings. The number of benzene rings is 2. The van der Waals surface area contributed by atoms with Crippen LogP contribution in [0.3, 0.4) is 0 Å². The summed E-state index contributed by atoms with van der Waals surface area (Å²) in [4.78, 5) is 74.7. The Kier molecular flexibility index (Phi) is 18.3. The number of phenols is 4. The lowest BCUT2D eigenvalue weighted by Crippen LogP contribution is -2.36. The molecule has 2 aromatic carbocycles. The van der Waals surface area contributed by atoms with Crippen LogP contribution in [0.5, 0.6) is 23.0 Å². The third-order valence-corrected chi connectivity index (χ3v) is 7.82. The molecule has 0 bridgehead atoms. The van der Waals surface area contributed by atoms with E-state index in [0.29, 0.717) is 56.7 Å². The number of aromatic hydroxyl groups is 4. The summed E-state index contributed by atoms with van der Waals surface area (Å²) in [5.41, 5.74) is -0.168. The molecular weight excluding hydrogens is 666 g/mol. The molecule has 2 rings (SSSR count). The van der Waals surface area contributed by atoms with Gasteiger partial charge in [-0.1, -0.05) is 12.1 Å². The van der Waals surface area contributed by atoms with Gasteiger partial charge in [0.15, 0.2) is 23.0 Å². The number of hydrogen-bond donors (Lipinski definition) is 8. The van der Waals surface area contributed by atoms with Crippen molar-refractivity contribution in [2.75, 3.05) is 39.3 Å². The van der Waals surface area contributed by atoms with Crippen LogP contribution in [-0.4, -0.2) is 110 Å². The molecule has 8 N–H and O–H groups in total. The van der Waals surface area contributed by atoms with Crippen LogP contribution in [0.1, 0.15) is 91.8 Å². The molecule has 0 aliphatic heterocycles. The Labute approximate surface area is 296 Å². The largest absolute Gasteiger partial charge is 0.504 e. The van der Waals surface area contributed by atoms with E-state index in [4.69, 9.17) is 0 Å². The van der Waals surface area contributed by atoms with Gasteiger partial charge in [-0.25, -0.2) is 5.06 Å². The Hall–Kier alpha value is -5.38. The van der Waals surface area contributed by atoms with Crippen molar-refractivity contribution >= 4 is 35.3 Å². The van der Waals surface area contributed by atoms with Gasteiger partial charge >= 0.3 is 0 Å². The quantitative estimate of drug-likeness (QED) is 0.0359. The van der Waals surface area contributed by atoms with Crippen molar-refractivity contribution in [3.63, 3.8) is 0 Å². The molecule has 0 saturated carbocycles. The summed E-state index contributed by atoms with van der Waals surface area (Å²) in [6.07, 6.45) is 2.94. The highest BCUT2D eigenvalue weighted by molar-refractivity contribution is 5.98. The molecule has 0 aliphatic rings. The summed E-state index contributed by atoms with van der Waals surface area (Å²) >= 11 is 0. The average molecular weight is 716 g/mol. The van der Waals surface area contributed by atoms with Crippen molar-refractivity contribution in [1.29, 1.82) is 0 Å². The predicted octanol–water partition coefficient (Wildman–Crippen LogP) is 2.32. The number of rotatable bonds is 23. The maximum absolute atomic E-state index is 13.1. The number of para-hydroxylation sites is 2. The summed E-state index contributed by atoms with van der Waals surface area (Å²) in [6.45, 7) is 2.77. The third kappa shape index (κ3) is 15.4. The van der Waals surface area contributed by atoms with E-state index >= 15 is 0 Å². The molecular formula is C35H49N5O11. The topological polar surface area (TPSA) is 246 Å². The first kappa shape index (κ1) is 41.8. The molecule has 0 unspecified atom stereocenters. The summed E-state index contributed by atoms with van der Waals surface area (Å²) in [5, 5.41) is 57.5.